The highest BCUT2D eigenvalue weighted by molar-refractivity contribution is 6.30. The van der Waals surface area contributed by atoms with Crippen LogP contribution in [0, 0.1) is 0 Å². The molecule has 0 aliphatic carbocycles. The van der Waals surface area contributed by atoms with Crippen LogP contribution in [0.4, 0.5) is 0 Å². The van der Waals surface area contributed by atoms with E-state index in [1.54, 1.807) is 12.1 Å². The smallest absolute Gasteiger partial charge is 0.226 e. The fraction of sp³-hybridized carbons (Fsp3) is 0.588. The van der Waals surface area contributed by atoms with Crippen molar-refractivity contribution in [3.05, 3.63) is 34.9 Å². The maximum Gasteiger partial charge on any atom is 0.226 e. The number of rotatable bonds is 2. The normalized spacial score (nSPS) is 27.2. The Balaban J connectivity index is 1.54. The third-order valence-corrected chi connectivity index (χ3v) is 5.13. The van der Waals surface area contributed by atoms with Crippen molar-refractivity contribution in [3.8, 4) is 0 Å². The van der Waals surface area contributed by atoms with Gasteiger partial charge in [-0.2, -0.15) is 0 Å². The molecule has 5 nitrogen and oxygen atoms in total. The van der Waals surface area contributed by atoms with Crippen molar-refractivity contribution in [2.45, 2.75) is 43.5 Å². The molecule has 1 aromatic rings. The molecule has 2 aliphatic heterocycles. The van der Waals surface area contributed by atoms with Crippen LogP contribution in [-0.4, -0.2) is 58.5 Å². The van der Waals surface area contributed by atoms with E-state index < -0.39 is 17.8 Å². The van der Waals surface area contributed by atoms with E-state index in [0.29, 0.717) is 43.8 Å². The second-order valence-electron chi connectivity index (χ2n) is 6.52. The minimum absolute atomic E-state index is 0.0959. The van der Waals surface area contributed by atoms with Gasteiger partial charge < -0.3 is 19.8 Å². The van der Waals surface area contributed by atoms with Crippen LogP contribution in [0.5, 0.6) is 0 Å². The lowest BCUT2D eigenvalue weighted by molar-refractivity contribution is -0.188. The first-order valence-corrected chi connectivity index (χ1v) is 8.38. The van der Waals surface area contributed by atoms with Gasteiger partial charge >= 0.3 is 0 Å². The highest BCUT2D eigenvalue weighted by Crippen LogP contribution is 2.35. The Bertz CT molecular complexity index is 554. The number of aliphatic hydroxyl groups excluding tert-OH is 2. The van der Waals surface area contributed by atoms with Gasteiger partial charge in [-0.3, -0.25) is 4.79 Å². The Hall–Kier alpha value is -1.14. The van der Waals surface area contributed by atoms with Crippen molar-refractivity contribution in [1.29, 1.82) is 0 Å². The lowest BCUT2D eigenvalue weighted by Gasteiger charge is -2.46. The summed E-state index contributed by atoms with van der Waals surface area (Å²) in [5, 5.41) is 20.1. The molecule has 2 N–H and O–H groups in total. The van der Waals surface area contributed by atoms with Crippen LogP contribution in [0.15, 0.2) is 24.3 Å². The summed E-state index contributed by atoms with van der Waals surface area (Å²) in [5.74, 6) is 0.0959. The lowest BCUT2D eigenvalue weighted by Crippen LogP contribution is -2.55. The van der Waals surface area contributed by atoms with Gasteiger partial charge in [-0.25, -0.2) is 0 Å². The molecule has 23 heavy (non-hydrogen) atoms. The third kappa shape index (κ3) is 3.86. The average molecular weight is 340 g/mol. The number of carbonyl (C=O) groups is 1. The molecule has 1 amide bonds. The van der Waals surface area contributed by atoms with E-state index in [1.165, 1.54) is 0 Å². The van der Waals surface area contributed by atoms with E-state index in [0.717, 1.165) is 5.56 Å². The zero-order chi connectivity index (χ0) is 16.4. The fourth-order valence-corrected chi connectivity index (χ4v) is 3.48. The summed E-state index contributed by atoms with van der Waals surface area (Å²) in [5.41, 5.74) is 0.558. The van der Waals surface area contributed by atoms with E-state index in [2.05, 4.69) is 0 Å². The Labute approximate surface area is 140 Å². The van der Waals surface area contributed by atoms with Gasteiger partial charge in [-0.1, -0.05) is 23.7 Å². The van der Waals surface area contributed by atoms with Gasteiger partial charge in [0, 0.05) is 24.5 Å². The number of carbonyl (C=O) groups excluding carboxylic acids is 1. The monoisotopic (exact) mass is 339 g/mol. The van der Waals surface area contributed by atoms with Crippen LogP contribution >= 0.6 is 11.6 Å². The van der Waals surface area contributed by atoms with Gasteiger partial charge in [-0.05, 0) is 30.5 Å². The molecule has 0 bridgehead atoms. The van der Waals surface area contributed by atoms with Gasteiger partial charge in [-0.15, -0.1) is 0 Å². The minimum atomic E-state index is -0.801. The molecule has 0 radical (unpaired) electrons. The highest BCUT2D eigenvalue weighted by atomic mass is 35.5. The van der Waals surface area contributed by atoms with Crippen LogP contribution in [0.1, 0.15) is 24.8 Å². The van der Waals surface area contributed by atoms with E-state index >= 15 is 0 Å². The van der Waals surface area contributed by atoms with Crippen LogP contribution in [0.25, 0.3) is 0 Å². The summed E-state index contributed by atoms with van der Waals surface area (Å²) in [4.78, 5) is 14.3. The number of likely N-dealkylation sites (tertiary alicyclic amines) is 1. The predicted molar refractivity (Wildman–Crippen MR) is 86.3 cm³/mol. The second kappa shape index (κ2) is 6.77. The number of piperidine rings is 1. The molecular formula is C17H22ClNO4. The molecule has 2 heterocycles. The van der Waals surface area contributed by atoms with E-state index in [4.69, 9.17) is 16.3 Å². The number of aliphatic hydroxyl groups is 2. The highest BCUT2D eigenvalue weighted by Gasteiger charge is 2.43. The molecule has 126 valence electrons. The van der Waals surface area contributed by atoms with Crippen molar-refractivity contribution in [2.24, 2.45) is 0 Å². The lowest BCUT2D eigenvalue weighted by atomic mass is 9.82. The molecule has 2 saturated heterocycles. The van der Waals surface area contributed by atoms with E-state index in [9.17, 15) is 15.0 Å². The standard InChI is InChI=1S/C17H22ClNO4/c18-13-3-1-12(2-4-13)9-16(22)19-7-5-17(6-8-19)10-14(20)15(21)11-23-17/h1-4,14-15,20-21H,5-11H2/t14-,15+/m1/s1. The number of ether oxygens (including phenoxy) is 1. The number of halogens is 1. The molecule has 1 spiro atoms. The summed E-state index contributed by atoms with van der Waals surface area (Å²) in [7, 11) is 0. The number of nitrogens with zero attached hydrogens (tertiary/aromatic N) is 1. The van der Waals surface area contributed by atoms with Crippen molar-refractivity contribution in [1.82, 2.24) is 4.90 Å². The molecule has 2 atom stereocenters. The zero-order valence-corrected chi connectivity index (χ0v) is 13.7. The zero-order valence-electron chi connectivity index (χ0n) is 12.9. The quantitative estimate of drug-likeness (QED) is 0.854. The molecule has 0 aromatic heterocycles. The van der Waals surface area contributed by atoms with Gasteiger partial charge in [0.2, 0.25) is 5.91 Å². The van der Waals surface area contributed by atoms with Gasteiger partial charge in [0.05, 0.1) is 24.7 Å². The summed E-state index contributed by atoms with van der Waals surface area (Å²) in [6.07, 6.45) is 0.664. The summed E-state index contributed by atoms with van der Waals surface area (Å²) >= 11 is 5.85. The fourth-order valence-electron chi connectivity index (χ4n) is 3.35. The molecule has 1 aromatic carbocycles. The predicted octanol–water partition coefficient (Wildman–Crippen LogP) is 1.39. The molecule has 0 saturated carbocycles. The van der Waals surface area contributed by atoms with Gasteiger partial charge in [0.25, 0.3) is 0 Å². The minimum Gasteiger partial charge on any atom is -0.390 e. The first-order valence-electron chi connectivity index (χ1n) is 8.00. The van der Waals surface area contributed by atoms with Crippen molar-refractivity contribution in [3.63, 3.8) is 0 Å². The molecule has 2 aliphatic rings. The third-order valence-electron chi connectivity index (χ3n) is 4.88. The molecule has 3 rings (SSSR count). The number of hydrogen-bond acceptors (Lipinski definition) is 4. The number of benzene rings is 1. The number of amides is 1. The summed E-state index contributed by atoms with van der Waals surface area (Å²) in [6.45, 7) is 1.41. The van der Waals surface area contributed by atoms with Crippen molar-refractivity contribution < 1.29 is 19.7 Å². The van der Waals surface area contributed by atoms with E-state index in [1.807, 2.05) is 17.0 Å². The molecule has 2 fully saturated rings. The first-order chi connectivity index (χ1) is 11.0. The Morgan fingerprint density at radius 3 is 2.48 bits per heavy atom. The molecule has 6 heteroatoms. The molecular weight excluding hydrogens is 318 g/mol. The largest absolute Gasteiger partial charge is 0.390 e. The maximum absolute atomic E-state index is 12.4. The van der Waals surface area contributed by atoms with Crippen molar-refractivity contribution >= 4 is 17.5 Å². The summed E-state index contributed by atoms with van der Waals surface area (Å²) < 4.78 is 5.79. The average Bonchev–Trinajstić information content (AvgIpc) is 2.54. The van der Waals surface area contributed by atoms with Crippen LogP contribution < -0.4 is 0 Å². The topological polar surface area (TPSA) is 70.0 Å². The Kier molecular flexibility index (Phi) is 4.92. The molecule has 0 unspecified atom stereocenters. The van der Waals surface area contributed by atoms with Gasteiger partial charge in [0.1, 0.15) is 6.10 Å². The second-order valence-corrected chi connectivity index (χ2v) is 6.95. The van der Waals surface area contributed by atoms with E-state index in [-0.39, 0.29) is 12.5 Å². The summed E-state index contributed by atoms with van der Waals surface area (Å²) in [6, 6.07) is 7.32. The van der Waals surface area contributed by atoms with Crippen LogP contribution in [-0.2, 0) is 16.0 Å². The Morgan fingerprint density at radius 2 is 1.87 bits per heavy atom. The SMILES string of the molecule is O=C(Cc1ccc(Cl)cc1)N1CCC2(CC1)C[C@@H](O)[C@@H](O)CO2. The Morgan fingerprint density at radius 1 is 1.22 bits per heavy atom. The first kappa shape index (κ1) is 16.7. The van der Waals surface area contributed by atoms with Gasteiger partial charge in [0.15, 0.2) is 0 Å². The van der Waals surface area contributed by atoms with Crippen molar-refractivity contribution in [2.75, 3.05) is 19.7 Å². The van der Waals surface area contributed by atoms with Crippen LogP contribution in [0.2, 0.25) is 5.02 Å². The number of hydrogen-bond donors (Lipinski definition) is 2. The van der Waals surface area contributed by atoms with Crippen LogP contribution in [0.3, 0.4) is 0 Å². The maximum atomic E-state index is 12.4.